The molecule has 6 nitrogen and oxygen atoms in total. The lowest BCUT2D eigenvalue weighted by molar-refractivity contribution is 0.0322. The molecule has 6 heteroatoms. The van der Waals surface area contributed by atoms with Gasteiger partial charge < -0.3 is 18.9 Å². The second-order valence-electron chi connectivity index (χ2n) is 11.0. The summed E-state index contributed by atoms with van der Waals surface area (Å²) in [5, 5.41) is 0. The van der Waals surface area contributed by atoms with E-state index < -0.39 is 0 Å². The first-order valence-electron chi connectivity index (χ1n) is 15.2. The van der Waals surface area contributed by atoms with Gasteiger partial charge in [0.1, 0.15) is 18.1 Å². The topological polar surface area (TPSA) is 43.4 Å². The molecule has 1 aliphatic carbocycles. The first kappa shape index (κ1) is 28.0. The zero-order chi connectivity index (χ0) is 27.7. The molecule has 0 unspecified atom stereocenters. The number of ether oxygens (including phenoxy) is 4. The normalized spacial score (nSPS) is 18.2. The van der Waals surface area contributed by atoms with E-state index in [1.165, 1.54) is 33.4 Å². The van der Waals surface area contributed by atoms with Gasteiger partial charge >= 0.3 is 0 Å². The highest BCUT2D eigenvalue weighted by molar-refractivity contribution is 6.00. The minimum absolute atomic E-state index is 0.699. The highest BCUT2D eigenvalue weighted by atomic mass is 16.5. The van der Waals surface area contributed by atoms with Crippen LogP contribution in [-0.4, -0.2) is 88.7 Å². The maximum absolute atomic E-state index is 6.20. The van der Waals surface area contributed by atoms with E-state index in [9.17, 15) is 0 Å². The number of rotatable bonds is 11. The molecule has 3 aromatic carbocycles. The van der Waals surface area contributed by atoms with Crippen LogP contribution in [0.1, 0.15) is 35.1 Å². The van der Waals surface area contributed by atoms with Crippen molar-refractivity contribution in [3.8, 4) is 11.5 Å². The molecule has 0 N–H and O–H groups in total. The Kier molecular flexibility index (Phi) is 9.65. The van der Waals surface area contributed by atoms with Gasteiger partial charge in [0.25, 0.3) is 0 Å². The zero-order valence-corrected chi connectivity index (χ0v) is 24.1. The number of allylic oxidation sites excluding steroid dienone is 1. The molecule has 2 heterocycles. The van der Waals surface area contributed by atoms with Crippen LogP contribution < -0.4 is 9.47 Å². The summed E-state index contributed by atoms with van der Waals surface area (Å²) >= 11 is 0. The van der Waals surface area contributed by atoms with E-state index in [1.807, 2.05) is 0 Å². The predicted molar refractivity (Wildman–Crippen MR) is 164 cm³/mol. The van der Waals surface area contributed by atoms with Gasteiger partial charge in [-0.1, -0.05) is 48.5 Å². The van der Waals surface area contributed by atoms with Crippen molar-refractivity contribution in [2.45, 2.75) is 19.3 Å². The van der Waals surface area contributed by atoms with Gasteiger partial charge in [-0.3, -0.25) is 9.80 Å². The van der Waals surface area contributed by atoms with Crippen LogP contribution in [0.25, 0.3) is 11.1 Å². The fourth-order valence-electron chi connectivity index (χ4n) is 6.05. The summed E-state index contributed by atoms with van der Waals surface area (Å²) in [4.78, 5) is 4.86. The summed E-state index contributed by atoms with van der Waals surface area (Å²) in [5.41, 5.74) is 7.89. The van der Waals surface area contributed by atoms with Gasteiger partial charge in [-0.2, -0.15) is 0 Å². The Bertz CT molecular complexity index is 1280. The van der Waals surface area contributed by atoms with E-state index >= 15 is 0 Å². The molecule has 2 fully saturated rings. The molecule has 3 aliphatic rings. The number of benzene rings is 3. The maximum atomic E-state index is 6.20. The van der Waals surface area contributed by atoms with E-state index in [2.05, 4.69) is 82.6 Å². The molecule has 0 saturated carbocycles. The standard InChI is InChI=1S/C35H42N2O4/c1-2-5-28(6-3-1)33-13-9-30-27-32(41-26-20-37-18-24-39-25-19-37)12-14-34(30)35(33)29-7-10-31(11-8-29)40-21-4-15-36-16-22-38-23-17-36/h1-3,5-8,10-12,14,27H,4,9,13,15-26H2. The molecule has 41 heavy (non-hydrogen) atoms. The van der Waals surface area contributed by atoms with Crippen molar-refractivity contribution in [3.05, 3.63) is 95.1 Å². The van der Waals surface area contributed by atoms with Gasteiger partial charge in [-0.15, -0.1) is 0 Å². The van der Waals surface area contributed by atoms with Crippen molar-refractivity contribution in [3.63, 3.8) is 0 Å². The van der Waals surface area contributed by atoms with Crippen LogP contribution in [0.3, 0.4) is 0 Å². The van der Waals surface area contributed by atoms with Crippen LogP contribution in [0.5, 0.6) is 11.5 Å². The third kappa shape index (κ3) is 7.38. The van der Waals surface area contributed by atoms with Crippen molar-refractivity contribution in [2.75, 3.05) is 78.9 Å². The van der Waals surface area contributed by atoms with Gasteiger partial charge in [0.15, 0.2) is 0 Å². The van der Waals surface area contributed by atoms with Crippen LogP contribution >= 0.6 is 0 Å². The molecule has 0 atom stereocenters. The Balaban J connectivity index is 1.16. The summed E-state index contributed by atoms with van der Waals surface area (Å²) in [7, 11) is 0. The molecule has 3 aromatic rings. The number of nitrogens with zero attached hydrogens (tertiary/aromatic N) is 2. The maximum Gasteiger partial charge on any atom is 0.119 e. The van der Waals surface area contributed by atoms with Crippen molar-refractivity contribution in [2.24, 2.45) is 0 Å². The predicted octanol–water partition coefficient (Wildman–Crippen LogP) is 5.40. The molecule has 2 saturated heterocycles. The first-order chi connectivity index (χ1) is 20.3. The second kappa shape index (κ2) is 14.1. The quantitative estimate of drug-likeness (QED) is 0.296. The first-order valence-corrected chi connectivity index (χ1v) is 15.2. The van der Waals surface area contributed by atoms with Crippen molar-refractivity contribution < 1.29 is 18.9 Å². The smallest absolute Gasteiger partial charge is 0.119 e. The molecule has 0 radical (unpaired) electrons. The van der Waals surface area contributed by atoms with E-state index in [-0.39, 0.29) is 0 Å². The fraction of sp³-hybridized carbons (Fsp3) is 0.429. The van der Waals surface area contributed by atoms with Gasteiger partial charge in [0.05, 0.1) is 33.0 Å². The van der Waals surface area contributed by atoms with Crippen LogP contribution in [-0.2, 0) is 15.9 Å². The van der Waals surface area contributed by atoms with E-state index in [0.717, 1.165) is 103 Å². The molecule has 216 valence electrons. The average Bonchev–Trinajstić information content (AvgIpc) is 3.04. The summed E-state index contributed by atoms with van der Waals surface area (Å²) in [6.07, 6.45) is 3.03. The van der Waals surface area contributed by atoms with Crippen LogP contribution in [0, 0.1) is 0 Å². The van der Waals surface area contributed by atoms with Crippen molar-refractivity contribution in [1.29, 1.82) is 0 Å². The zero-order valence-electron chi connectivity index (χ0n) is 24.1. The molecule has 0 bridgehead atoms. The number of aryl methyl sites for hydroxylation is 1. The van der Waals surface area contributed by atoms with Gasteiger partial charge in [0, 0.05) is 39.3 Å². The molecule has 6 rings (SSSR count). The summed E-state index contributed by atoms with van der Waals surface area (Å²) in [6.45, 7) is 10.8. The van der Waals surface area contributed by atoms with Gasteiger partial charge in [-0.05, 0) is 76.9 Å². The third-order valence-corrected chi connectivity index (χ3v) is 8.33. The molecule has 0 spiro atoms. The monoisotopic (exact) mass is 554 g/mol. The molecule has 2 aliphatic heterocycles. The number of hydrogen-bond acceptors (Lipinski definition) is 6. The van der Waals surface area contributed by atoms with E-state index in [1.54, 1.807) is 0 Å². The summed E-state index contributed by atoms with van der Waals surface area (Å²) in [5.74, 6) is 1.89. The van der Waals surface area contributed by atoms with Crippen molar-refractivity contribution in [1.82, 2.24) is 9.80 Å². The fourth-order valence-corrected chi connectivity index (χ4v) is 6.05. The van der Waals surface area contributed by atoms with E-state index in [0.29, 0.717) is 6.61 Å². The molecule has 0 amide bonds. The summed E-state index contributed by atoms with van der Waals surface area (Å²) < 4.78 is 23.2. The number of morpholine rings is 2. The minimum atomic E-state index is 0.699. The molecular formula is C35H42N2O4. The summed E-state index contributed by atoms with van der Waals surface area (Å²) in [6, 6.07) is 26.1. The van der Waals surface area contributed by atoms with Crippen LogP contribution in [0.4, 0.5) is 0 Å². The second-order valence-corrected chi connectivity index (χ2v) is 11.0. The molecule has 0 aromatic heterocycles. The Morgan fingerprint density at radius 1 is 0.610 bits per heavy atom. The Hall–Kier alpha value is -3.16. The lowest BCUT2D eigenvalue weighted by Gasteiger charge is -2.27. The molecular weight excluding hydrogens is 512 g/mol. The van der Waals surface area contributed by atoms with Crippen LogP contribution in [0.2, 0.25) is 0 Å². The Morgan fingerprint density at radius 3 is 2.00 bits per heavy atom. The largest absolute Gasteiger partial charge is 0.494 e. The third-order valence-electron chi connectivity index (χ3n) is 8.33. The van der Waals surface area contributed by atoms with Gasteiger partial charge in [-0.25, -0.2) is 0 Å². The highest BCUT2D eigenvalue weighted by Gasteiger charge is 2.22. The lowest BCUT2D eigenvalue weighted by atomic mass is 9.79. The Labute approximate surface area is 244 Å². The number of hydrogen-bond donors (Lipinski definition) is 0. The highest BCUT2D eigenvalue weighted by Crippen LogP contribution is 2.42. The SMILES string of the molecule is c1ccc(C2=C(c3ccc(OCCCN4CCOCC4)cc3)c3ccc(OCCN4CCOCC4)cc3CC2)cc1. The minimum Gasteiger partial charge on any atom is -0.494 e. The lowest BCUT2D eigenvalue weighted by Crippen LogP contribution is -2.38. The number of fused-ring (bicyclic) bond motifs is 1. The van der Waals surface area contributed by atoms with E-state index in [4.69, 9.17) is 18.9 Å². The van der Waals surface area contributed by atoms with Crippen molar-refractivity contribution >= 4 is 11.1 Å². The average molecular weight is 555 g/mol. The Morgan fingerprint density at radius 2 is 1.27 bits per heavy atom. The van der Waals surface area contributed by atoms with Gasteiger partial charge in [0.2, 0.25) is 0 Å². The van der Waals surface area contributed by atoms with Crippen LogP contribution in [0.15, 0.2) is 72.8 Å².